The van der Waals surface area contributed by atoms with Crippen molar-refractivity contribution in [2.75, 3.05) is 0 Å². The van der Waals surface area contributed by atoms with Gasteiger partial charge in [0.2, 0.25) is 0 Å². The average molecular weight is 753 g/mol. The number of rotatable bonds is 3. The Balaban J connectivity index is 1.08. The van der Waals surface area contributed by atoms with Crippen LogP contribution in [0.3, 0.4) is 0 Å². The van der Waals surface area contributed by atoms with E-state index in [2.05, 4.69) is 184 Å². The molecule has 2 nitrogen and oxygen atoms in total. The third-order valence-electron chi connectivity index (χ3n) is 13.2. The fourth-order valence-electron chi connectivity index (χ4n) is 10.4. The molecule has 2 heteroatoms. The van der Waals surface area contributed by atoms with Crippen molar-refractivity contribution in [2.24, 2.45) is 0 Å². The third-order valence-corrected chi connectivity index (χ3v) is 13.2. The Labute approximate surface area is 340 Å². The Bertz CT molecular complexity index is 3630. The Morgan fingerprint density at radius 2 is 0.763 bits per heavy atom. The fraction of sp³-hybridized carbons (Fsp3) is 0.0526. The first-order chi connectivity index (χ1) is 29.0. The number of benzene rings is 10. The minimum Gasteiger partial charge on any atom is -0.455 e. The number of hydrogen-bond donors (Lipinski definition) is 0. The first kappa shape index (κ1) is 32.6. The summed E-state index contributed by atoms with van der Waals surface area (Å²) >= 11 is 0. The normalized spacial score (nSPS) is 13.4. The summed E-state index contributed by atoms with van der Waals surface area (Å²) in [4.78, 5) is 0. The predicted molar refractivity (Wildman–Crippen MR) is 247 cm³/mol. The van der Waals surface area contributed by atoms with E-state index in [0.717, 1.165) is 77.3 Å². The molecular formula is C57H36O2. The van der Waals surface area contributed by atoms with Gasteiger partial charge in [-0.25, -0.2) is 0 Å². The van der Waals surface area contributed by atoms with Crippen molar-refractivity contribution in [3.8, 4) is 44.5 Å². The molecule has 0 spiro atoms. The van der Waals surface area contributed by atoms with Gasteiger partial charge in [0.25, 0.3) is 0 Å². The predicted octanol–water partition coefficient (Wildman–Crippen LogP) is 16.3. The van der Waals surface area contributed by atoms with Gasteiger partial charge < -0.3 is 8.83 Å². The van der Waals surface area contributed by atoms with Crippen LogP contribution in [0.4, 0.5) is 0 Å². The van der Waals surface area contributed by atoms with Crippen molar-refractivity contribution in [3.63, 3.8) is 0 Å². The van der Waals surface area contributed by atoms with Crippen LogP contribution >= 0.6 is 0 Å². The zero-order chi connectivity index (χ0) is 39.0. The molecular weight excluding hydrogens is 717 g/mol. The van der Waals surface area contributed by atoms with Crippen molar-refractivity contribution in [1.29, 1.82) is 0 Å². The van der Waals surface area contributed by atoms with E-state index in [4.69, 9.17) is 8.83 Å². The lowest BCUT2D eigenvalue weighted by molar-refractivity contribution is 0.661. The lowest BCUT2D eigenvalue weighted by atomic mass is 9.81. The van der Waals surface area contributed by atoms with Gasteiger partial charge in [0.05, 0.1) is 0 Å². The molecule has 0 amide bonds. The summed E-state index contributed by atoms with van der Waals surface area (Å²) in [5.41, 5.74) is 15.6. The van der Waals surface area contributed by atoms with Crippen molar-refractivity contribution in [1.82, 2.24) is 0 Å². The number of fused-ring (bicyclic) bond motifs is 15. The van der Waals surface area contributed by atoms with Crippen LogP contribution in [-0.4, -0.2) is 0 Å². The summed E-state index contributed by atoms with van der Waals surface area (Å²) in [6.45, 7) is 4.74. The largest absolute Gasteiger partial charge is 0.455 e. The molecule has 0 saturated heterocycles. The fourth-order valence-corrected chi connectivity index (χ4v) is 10.4. The van der Waals surface area contributed by atoms with Gasteiger partial charge in [0, 0.05) is 38.1 Å². The molecule has 276 valence electrons. The molecule has 10 aromatic carbocycles. The van der Waals surface area contributed by atoms with E-state index in [0.29, 0.717) is 0 Å². The van der Waals surface area contributed by atoms with E-state index in [1.54, 1.807) is 0 Å². The molecule has 2 aromatic heterocycles. The van der Waals surface area contributed by atoms with E-state index in [9.17, 15) is 0 Å². The molecule has 13 rings (SSSR count). The van der Waals surface area contributed by atoms with Gasteiger partial charge in [0.15, 0.2) is 0 Å². The summed E-state index contributed by atoms with van der Waals surface area (Å²) in [7, 11) is 0. The second-order valence-electron chi connectivity index (χ2n) is 16.8. The summed E-state index contributed by atoms with van der Waals surface area (Å²) in [5, 5.41) is 12.1. The molecule has 0 atom stereocenters. The lowest BCUT2D eigenvalue weighted by Crippen LogP contribution is -2.14. The van der Waals surface area contributed by atoms with Gasteiger partial charge in [-0.05, 0) is 125 Å². The molecule has 59 heavy (non-hydrogen) atoms. The van der Waals surface area contributed by atoms with Gasteiger partial charge in [0.1, 0.15) is 22.3 Å². The molecule has 0 unspecified atom stereocenters. The van der Waals surface area contributed by atoms with E-state index >= 15 is 0 Å². The van der Waals surface area contributed by atoms with E-state index in [1.165, 1.54) is 54.6 Å². The SMILES string of the molecule is CC1(C)c2ccccc2-c2cc3c4ccccc4c4cc(-c5cc(-c6cccc7c6oc6ccccc67)cc(-c6cccc7c6oc6ccccc67)c5)ccc4c3cc21. The molecule has 0 fully saturated rings. The Morgan fingerprint density at radius 3 is 1.41 bits per heavy atom. The molecule has 1 aliphatic carbocycles. The van der Waals surface area contributed by atoms with E-state index in [1.807, 2.05) is 12.1 Å². The molecule has 0 bridgehead atoms. The van der Waals surface area contributed by atoms with Crippen LogP contribution < -0.4 is 0 Å². The van der Waals surface area contributed by atoms with Gasteiger partial charge in [-0.1, -0.05) is 147 Å². The van der Waals surface area contributed by atoms with Crippen molar-refractivity contribution < 1.29 is 8.83 Å². The number of para-hydroxylation sites is 4. The molecule has 0 aliphatic heterocycles. The zero-order valence-corrected chi connectivity index (χ0v) is 32.6. The molecule has 12 aromatic rings. The van der Waals surface area contributed by atoms with Crippen LogP contribution in [0, 0.1) is 0 Å². The first-order valence-corrected chi connectivity index (χ1v) is 20.5. The average Bonchev–Trinajstić information content (AvgIpc) is 3.93. The van der Waals surface area contributed by atoms with Crippen molar-refractivity contribution in [2.45, 2.75) is 19.3 Å². The Hall–Kier alpha value is -7.42. The minimum absolute atomic E-state index is 0.0831. The smallest absolute Gasteiger partial charge is 0.143 e. The van der Waals surface area contributed by atoms with Gasteiger partial charge >= 0.3 is 0 Å². The quantitative estimate of drug-likeness (QED) is 0.168. The van der Waals surface area contributed by atoms with Gasteiger partial charge in [-0.15, -0.1) is 0 Å². The highest BCUT2D eigenvalue weighted by Gasteiger charge is 2.35. The Kier molecular flexibility index (Phi) is 6.54. The Morgan fingerprint density at radius 1 is 0.288 bits per heavy atom. The van der Waals surface area contributed by atoms with Crippen molar-refractivity contribution >= 4 is 76.2 Å². The molecule has 0 saturated carbocycles. The maximum absolute atomic E-state index is 6.63. The first-order valence-electron chi connectivity index (χ1n) is 20.5. The number of hydrogen-bond acceptors (Lipinski definition) is 2. The van der Waals surface area contributed by atoms with Crippen LogP contribution in [0.25, 0.3) is 121 Å². The monoisotopic (exact) mass is 752 g/mol. The minimum atomic E-state index is -0.0831. The van der Waals surface area contributed by atoms with Gasteiger partial charge in [-0.3, -0.25) is 0 Å². The molecule has 2 heterocycles. The maximum atomic E-state index is 6.63. The highest BCUT2D eigenvalue weighted by Crippen LogP contribution is 2.52. The van der Waals surface area contributed by atoms with Crippen LogP contribution in [0.5, 0.6) is 0 Å². The standard InChI is InChI=1S/C57H36O2/c1-57(2)51-22-8-5-15-42(51)50-31-48-40-14-4-3-13-39(40)47-30-33(25-26-41(47)49(48)32-52(50)57)34-27-35(37-18-11-20-45-43-16-6-9-23-53(43)58-55(37)45)29-36(28-34)38-19-12-21-46-44-17-7-10-24-54(44)59-56(38)46/h3-32H,1-2H3. The molecule has 0 N–H and O–H groups in total. The molecule has 0 radical (unpaired) electrons. The highest BCUT2D eigenvalue weighted by atomic mass is 16.3. The van der Waals surface area contributed by atoms with Crippen LogP contribution in [0.2, 0.25) is 0 Å². The maximum Gasteiger partial charge on any atom is 0.143 e. The summed E-state index contributed by atoms with van der Waals surface area (Å²) < 4.78 is 13.3. The van der Waals surface area contributed by atoms with E-state index < -0.39 is 0 Å². The summed E-state index contributed by atoms with van der Waals surface area (Å²) in [5.74, 6) is 0. The third kappa shape index (κ3) is 4.57. The summed E-state index contributed by atoms with van der Waals surface area (Å²) in [6, 6.07) is 66.5. The second-order valence-corrected chi connectivity index (χ2v) is 16.8. The molecule has 1 aliphatic rings. The van der Waals surface area contributed by atoms with Crippen LogP contribution in [0.1, 0.15) is 25.0 Å². The number of furan rings is 2. The highest BCUT2D eigenvalue weighted by molar-refractivity contribution is 6.27. The van der Waals surface area contributed by atoms with Gasteiger partial charge in [-0.2, -0.15) is 0 Å². The lowest BCUT2D eigenvalue weighted by Gasteiger charge is -2.22. The topological polar surface area (TPSA) is 26.3 Å². The second kappa shape index (κ2) is 11.8. The summed E-state index contributed by atoms with van der Waals surface area (Å²) in [6.07, 6.45) is 0. The van der Waals surface area contributed by atoms with Crippen molar-refractivity contribution in [3.05, 3.63) is 193 Å². The zero-order valence-electron chi connectivity index (χ0n) is 32.6. The van der Waals surface area contributed by atoms with Crippen LogP contribution in [0.15, 0.2) is 191 Å². The van der Waals surface area contributed by atoms with E-state index in [-0.39, 0.29) is 5.41 Å². The van der Waals surface area contributed by atoms with Crippen LogP contribution in [-0.2, 0) is 5.41 Å².